The Hall–Kier alpha value is -2.05. The largest absolute Gasteiger partial charge is 0.496 e. The van der Waals surface area contributed by atoms with Gasteiger partial charge in [-0.2, -0.15) is 0 Å². The maximum Gasteiger partial charge on any atom is 0.259 e. The summed E-state index contributed by atoms with van der Waals surface area (Å²) < 4.78 is 6.31. The van der Waals surface area contributed by atoms with Crippen molar-refractivity contribution in [1.82, 2.24) is 4.90 Å². The summed E-state index contributed by atoms with van der Waals surface area (Å²) in [6.07, 6.45) is 0. The van der Waals surface area contributed by atoms with Gasteiger partial charge < -0.3 is 19.9 Å². The number of aryl methyl sites for hydroxylation is 1. The molecule has 0 unspecified atom stereocenters. The molecule has 0 bridgehead atoms. The van der Waals surface area contributed by atoms with E-state index in [9.17, 15) is 4.79 Å². The van der Waals surface area contributed by atoms with E-state index in [2.05, 4.69) is 44.2 Å². The van der Waals surface area contributed by atoms with Crippen LogP contribution in [0.1, 0.15) is 15.9 Å². The summed E-state index contributed by atoms with van der Waals surface area (Å²) in [5.74, 6) is 0.426. The molecule has 1 aliphatic heterocycles. The zero-order valence-corrected chi connectivity index (χ0v) is 17.0. The number of carbonyl (C=O) groups excluding carboxylic acids is 1. The average Bonchev–Trinajstić information content (AvgIpc) is 2.62. The normalized spacial score (nSPS) is 15.0. The third kappa shape index (κ3) is 4.02. The Morgan fingerprint density at radius 1 is 1.15 bits per heavy atom. The van der Waals surface area contributed by atoms with Crippen LogP contribution in [0.3, 0.4) is 0 Å². The summed E-state index contributed by atoms with van der Waals surface area (Å²) >= 11 is 3.46. The van der Waals surface area contributed by atoms with Crippen molar-refractivity contribution in [2.75, 3.05) is 50.6 Å². The number of nitrogens with one attached hydrogen (secondary N) is 1. The molecule has 2 aromatic carbocycles. The molecule has 0 aromatic heterocycles. The highest BCUT2D eigenvalue weighted by Gasteiger charge is 2.20. The zero-order valence-electron chi connectivity index (χ0n) is 15.4. The van der Waals surface area contributed by atoms with E-state index >= 15 is 0 Å². The molecule has 1 saturated heterocycles. The van der Waals surface area contributed by atoms with E-state index in [1.165, 1.54) is 0 Å². The van der Waals surface area contributed by atoms with Crippen LogP contribution in [-0.2, 0) is 0 Å². The molecule has 138 valence electrons. The molecule has 6 heteroatoms. The van der Waals surface area contributed by atoms with Gasteiger partial charge in [0.1, 0.15) is 5.75 Å². The van der Waals surface area contributed by atoms with Crippen LogP contribution in [0.15, 0.2) is 40.9 Å². The van der Waals surface area contributed by atoms with Crippen molar-refractivity contribution >= 4 is 33.2 Å². The Kier molecular flexibility index (Phi) is 5.84. The van der Waals surface area contributed by atoms with Crippen molar-refractivity contribution in [2.45, 2.75) is 6.92 Å². The van der Waals surface area contributed by atoms with Crippen molar-refractivity contribution in [3.8, 4) is 5.75 Å². The molecule has 0 saturated carbocycles. The standard InChI is InChI=1S/C20H24BrN3O2/c1-14-12-15(21)13-16(19(14)26-3)20(25)22-17-6-4-5-7-18(17)24-10-8-23(2)9-11-24/h4-7,12-13H,8-11H2,1-3H3,(H,22,25). The molecule has 1 fully saturated rings. The Morgan fingerprint density at radius 2 is 1.85 bits per heavy atom. The summed E-state index contributed by atoms with van der Waals surface area (Å²) in [4.78, 5) is 17.6. The van der Waals surface area contributed by atoms with Crippen LogP contribution in [0.2, 0.25) is 0 Å². The number of amides is 1. The number of carbonyl (C=O) groups is 1. The number of hydrogen-bond donors (Lipinski definition) is 1. The smallest absolute Gasteiger partial charge is 0.259 e. The van der Waals surface area contributed by atoms with Crippen LogP contribution >= 0.6 is 15.9 Å². The number of methoxy groups -OCH3 is 1. The van der Waals surface area contributed by atoms with Crippen molar-refractivity contribution in [3.05, 3.63) is 52.0 Å². The lowest BCUT2D eigenvalue weighted by atomic mass is 10.1. The number of rotatable bonds is 4. The van der Waals surface area contributed by atoms with Crippen molar-refractivity contribution in [3.63, 3.8) is 0 Å². The molecule has 1 N–H and O–H groups in total. The highest BCUT2D eigenvalue weighted by molar-refractivity contribution is 9.10. The molecule has 0 aliphatic carbocycles. The van der Waals surface area contributed by atoms with Gasteiger partial charge in [0.25, 0.3) is 5.91 Å². The lowest BCUT2D eigenvalue weighted by Gasteiger charge is -2.35. The first kappa shape index (κ1) is 18.7. The van der Waals surface area contributed by atoms with Gasteiger partial charge in [-0.15, -0.1) is 0 Å². The maximum absolute atomic E-state index is 12.9. The molecule has 26 heavy (non-hydrogen) atoms. The first-order chi connectivity index (χ1) is 12.5. The zero-order chi connectivity index (χ0) is 18.7. The highest BCUT2D eigenvalue weighted by atomic mass is 79.9. The predicted molar refractivity (Wildman–Crippen MR) is 110 cm³/mol. The van der Waals surface area contributed by atoms with E-state index in [1.807, 2.05) is 31.2 Å². The topological polar surface area (TPSA) is 44.8 Å². The van der Waals surface area contributed by atoms with Gasteiger partial charge in [0, 0.05) is 30.7 Å². The Balaban J connectivity index is 1.87. The minimum absolute atomic E-state index is 0.173. The van der Waals surface area contributed by atoms with Crippen molar-refractivity contribution in [2.24, 2.45) is 0 Å². The van der Waals surface area contributed by atoms with E-state index in [1.54, 1.807) is 13.2 Å². The molecule has 3 rings (SSSR count). The third-order valence-corrected chi connectivity index (χ3v) is 5.14. The van der Waals surface area contributed by atoms with E-state index in [-0.39, 0.29) is 5.91 Å². The van der Waals surface area contributed by atoms with E-state index in [0.29, 0.717) is 11.3 Å². The number of benzene rings is 2. The maximum atomic E-state index is 12.9. The lowest BCUT2D eigenvalue weighted by molar-refractivity contribution is 0.102. The first-order valence-electron chi connectivity index (χ1n) is 8.67. The van der Waals surface area contributed by atoms with E-state index in [0.717, 1.165) is 47.6 Å². The number of anilines is 2. The molecule has 5 nitrogen and oxygen atoms in total. The summed E-state index contributed by atoms with van der Waals surface area (Å²) in [6.45, 7) is 5.85. The van der Waals surface area contributed by atoms with Gasteiger partial charge in [-0.3, -0.25) is 4.79 Å². The molecule has 0 spiro atoms. The molecule has 1 heterocycles. The fourth-order valence-electron chi connectivity index (χ4n) is 3.26. The van der Waals surface area contributed by atoms with E-state index < -0.39 is 0 Å². The molecule has 1 aliphatic rings. The molecule has 0 radical (unpaired) electrons. The second-order valence-corrected chi connectivity index (χ2v) is 7.48. The van der Waals surface area contributed by atoms with Crippen LogP contribution in [-0.4, -0.2) is 51.1 Å². The average molecular weight is 418 g/mol. The van der Waals surface area contributed by atoms with Crippen LogP contribution in [0.5, 0.6) is 5.75 Å². The van der Waals surface area contributed by atoms with Gasteiger partial charge in [0.2, 0.25) is 0 Å². The summed E-state index contributed by atoms with van der Waals surface area (Å²) in [7, 11) is 3.72. The van der Waals surface area contributed by atoms with E-state index in [4.69, 9.17) is 4.74 Å². The van der Waals surface area contributed by atoms with Gasteiger partial charge >= 0.3 is 0 Å². The van der Waals surface area contributed by atoms with Crippen molar-refractivity contribution in [1.29, 1.82) is 0 Å². The molecule has 0 atom stereocenters. The van der Waals surface area contributed by atoms with Crippen LogP contribution in [0, 0.1) is 6.92 Å². The quantitative estimate of drug-likeness (QED) is 0.821. The molecule has 2 aromatic rings. The lowest BCUT2D eigenvalue weighted by Crippen LogP contribution is -2.44. The number of para-hydroxylation sites is 2. The fourth-order valence-corrected chi connectivity index (χ4v) is 3.83. The Morgan fingerprint density at radius 3 is 2.54 bits per heavy atom. The van der Waals surface area contributed by atoms with Crippen LogP contribution in [0.4, 0.5) is 11.4 Å². The second kappa shape index (κ2) is 8.10. The monoisotopic (exact) mass is 417 g/mol. The van der Waals surface area contributed by atoms with Crippen LogP contribution < -0.4 is 15.0 Å². The summed E-state index contributed by atoms with van der Waals surface area (Å²) in [5.41, 5.74) is 3.31. The third-order valence-electron chi connectivity index (χ3n) is 4.68. The van der Waals surface area contributed by atoms with Crippen molar-refractivity contribution < 1.29 is 9.53 Å². The Bertz CT molecular complexity index is 802. The summed E-state index contributed by atoms with van der Waals surface area (Å²) in [6, 6.07) is 11.7. The highest BCUT2D eigenvalue weighted by Crippen LogP contribution is 2.31. The Labute approximate surface area is 163 Å². The SMILES string of the molecule is COc1c(C)cc(Br)cc1C(=O)Nc1ccccc1N1CCN(C)CC1. The van der Waals surface area contributed by atoms with Gasteiger partial charge in [0.05, 0.1) is 24.0 Å². The number of hydrogen-bond acceptors (Lipinski definition) is 4. The molecular formula is C20H24BrN3O2. The molecular weight excluding hydrogens is 394 g/mol. The fraction of sp³-hybridized carbons (Fsp3) is 0.350. The van der Waals surface area contributed by atoms with Gasteiger partial charge in [-0.1, -0.05) is 28.1 Å². The van der Waals surface area contributed by atoms with Gasteiger partial charge in [-0.05, 0) is 43.8 Å². The van der Waals surface area contributed by atoms with Gasteiger partial charge in [-0.25, -0.2) is 0 Å². The first-order valence-corrected chi connectivity index (χ1v) is 9.47. The number of likely N-dealkylation sites (N-methyl/N-ethyl adjacent to an activating group) is 1. The number of piperazine rings is 1. The predicted octanol–water partition coefficient (Wildman–Crippen LogP) is 3.77. The number of ether oxygens (including phenoxy) is 1. The minimum Gasteiger partial charge on any atom is -0.496 e. The second-order valence-electron chi connectivity index (χ2n) is 6.57. The minimum atomic E-state index is -0.173. The summed E-state index contributed by atoms with van der Waals surface area (Å²) in [5, 5.41) is 3.07. The van der Waals surface area contributed by atoms with Gasteiger partial charge in [0.15, 0.2) is 0 Å². The molecule has 1 amide bonds. The number of nitrogens with zero attached hydrogens (tertiary/aromatic N) is 2. The van der Waals surface area contributed by atoms with Crippen LogP contribution in [0.25, 0.3) is 0 Å². The number of halogens is 1.